The smallest absolute Gasteiger partial charge is 0.264 e. The third kappa shape index (κ3) is 8.95. The molecule has 0 spiro atoms. The average molecular weight is 693 g/mol. The summed E-state index contributed by atoms with van der Waals surface area (Å²) >= 11 is 3.41. The van der Waals surface area contributed by atoms with Gasteiger partial charge in [-0.05, 0) is 73.0 Å². The zero-order valence-electron chi connectivity index (χ0n) is 25.6. The van der Waals surface area contributed by atoms with Crippen molar-refractivity contribution in [3.8, 4) is 5.75 Å². The van der Waals surface area contributed by atoms with Crippen LogP contribution in [0.15, 0.2) is 119 Å². The number of nitrogens with one attached hydrogen (secondary N) is 1. The number of halogens is 1. The van der Waals surface area contributed by atoms with Gasteiger partial charge in [0.2, 0.25) is 11.8 Å². The Bertz CT molecular complexity index is 1670. The molecule has 4 aromatic rings. The molecule has 0 aliphatic carbocycles. The number of hydrogen-bond acceptors (Lipinski definition) is 5. The number of sulfonamides is 1. The molecule has 236 valence electrons. The molecule has 2 atom stereocenters. The van der Waals surface area contributed by atoms with E-state index in [2.05, 4.69) is 21.2 Å². The first-order chi connectivity index (χ1) is 21.6. The van der Waals surface area contributed by atoms with E-state index < -0.39 is 28.5 Å². The fourth-order valence-corrected chi connectivity index (χ4v) is 6.52. The summed E-state index contributed by atoms with van der Waals surface area (Å²) in [5, 5.41) is 3.05. The summed E-state index contributed by atoms with van der Waals surface area (Å²) in [5.74, 6) is -0.238. The van der Waals surface area contributed by atoms with Crippen LogP contribution in [0, 0.1) is 0 Å². The lowest BCUT2D eigenvalue weighted by atomic mass is 10.0. The summed E-state index contributed by atoms with van der Waals surface area (Å²) in [6.45, 7) is 3.42. The highest BCUT2D eigenvalue weighted by molar-refractivity contribution is 9.10. The number of carbonyl (C=O) groups is 2. The minimum Gasteiger partial charge on any atom is -0.497 e. The number of ether oxygens (including phenoxy) is 1. The van der Waals surface area contributed by atoms with Crippen molar-refractivity contribution in [3.63, 3.8) is 0 Å². The Morgan fingerprint density at radius 2 is 1.49 bits per heavy atom. The zero-order valence-corrected chi connectivity index (χ0v) is 28.0. The Kier molecular flexibility index (Phi) is 11.8. The maximum absolute atomic E-state index is 14.5. The van der Waals surface area contributed by atoms with E-state index in [1.54, 1.807) is 61.7 Å². The van der Waals surface area contributed by atoms with Crippen molar-refractivity contribution in [2.75, 3.05) is 18.0 Å². The Morgan fingerprint density at radius 1 is 0.867 bits per heavy atom. The second kappa shape index (κ2) is 15.7. The molecule has 8 nitrogen and oxygen atoms in total. The van der Waals surface area contributed by atoms with Crippen molar-refractivity contribution in [1.29, 1.82) is 0 Å². The van der Waals surface area contributed by atoms with Gasteiger partial charge in [-0.15, -0.1) is 0 Å². The molecule has 0 aliphatic rings. The number of anilines is 1. The van der Waals surface area contributed by atoms with Crippen LogP contribution in [0.4, 0.5) is 5.69 Å². The molecule has 0 aromatic heterocycles. The topological polar surface area (TPSA) is 96.0 Å². The number of benzene rings is 4. The second-order valence-corrected chi connectivity index (χ2v) is 13.5. The molecule has 0 unspecified atom stereocenters. The molecule has 0 radical (unpaired) electrons. The number of rotatable bonds is 14. The summed E-state index contributed by atoms with van der Waals surface area (Å²) < 4.78 is 35.4. The van der Waals surface area contributed by atoms with Gasteiger partial charge < -0.3 is 15.0 Å². The molecule has 2 amide bonds. The first-order valence-electron chi connectivity index (χ1n) is 14.7. The first-order valence-corrected chi connectivity index (χ1v) is 17.0. The molecule has 1 N–H and O–H groups in total. The predicted molar refractivity (Wildman–Crippen MR) is 180 cm³/mol. The van der Waals surface area contributed by atoms with Crippen LogP contribution in [-0.2, 0) is 32.6 Å². The zero-order chi connectivity index (χ0) is 32.4. The van der Waals surface area contributed by atoms with Crippen molar-refractivity contribution < 1.29 is 22.7 Å². The average Bonchev–Trinajstić information content (AvgIpc) is 3.06. The molecule has 10 heteroatoms. The van der Waals surface area contributed by atoms with Gasteiger partial charge in [0.25, 0.3) is 10.0 Å². The SMILES string of the molecule is CC[C@@H](C)NC(=O)[C@@H](Cc1ccccc1)N(Cc1cccc(OC)c1)C(=O)CN(c1ccc(Br)cc1)S(=O)(=O)c1ccccc1. The first kappa shape index (κ1) is 33.7. The molecule has 0 bridgehead atoms. The lowest BCUT2D eigenvalue weighted by molar-refractivity contribution is -0.140. The minimum atomic E-state index is -4.16. The number of hydrogen-bond donors (Lipinski definition) is 1. The van der Waals surface area contributed by atoms with Gasteiger partial charge in [-0.25, -0.2) is 8.42 Å². The van der Waals surface area contributed by atoms with Crippen LogP contribution in [0.2, 0.25) is 0 Å². The highest BCUT2D eigenvalue weighted by Gasteiger charge is 2.35. The van der Waals surface area contributed by atoms with Crippen LogP contribution < -0.4 is 14.4 Å². The van der Waals surface area contributed by atoms with Crippen LogP contribution in [0.25, 0.3) is 0 Å². The maximum Gasteiger partial charge on any atom is 0.264 e. The summed E-state index contributed by atoms with van der Waals surface area (Å²) in [6.07, 6.45) is 0.947. The monoisotopic (exact) mass is 691 g/mol. The lowest BCUT2D eigenvalue weighted by Crippen LogP contribution is -2.54. The van der Waals surface area contributed by atoms with Crippen LogP contribution in [0.5, 0.6) is 5.75 Å². The van der Waals surface area contributed by atoms with Gasteiger partial charge >= 0.3 is 0 Å². The van der Waals surface area contributed by atoms with Gasteiger partial charge in [-0.1, -0.05) is 83.5 Å². The minimum absolute atomic E-state index is 0.0513. The third-order valence-corrected chi connectivity index (χ3v) is 9.80. The Balaban J connectivity index is 1.81. The number of methoxy groups -OCH3 is 1. The van der Waals surface area contributed by atoms with Crippen molar-refractivity contribution in [1.82, 2.24) is 10.2 Å². The normalized spacial score (nSPS) is 12.5. The van der Waals surface area contributed by atoms with E-state index in [0.29, 0.717) is 17.9 Å². The van der Waals surface area contributed by atoms with Crippen LogP contribution >= 0.6 is 15.9 Å². The molecule has 0 saturated carbocycles. The summed E-state index contributed by atoms with van der Waals surface area (Å²) in [7, 11) is -2.60. The van der Waals surface area contributed by atoms with Crippen LogP contribution in [-0.4, -0.2) is 50.9 Å². The van der Waals surface area contributed by atoms with Gasteiger partial charge in [0.1, 0.15) is 18.3 Å². The Morgan fingerprint density at radius 3 is 2.11 bits per heavy atom. The van der Waals surface area contributed by atoms with Crippen molar-refractivity contribution in [2.45, 2.75) is 50.2 Å². The number of amides is 2. The molecule has 4 rings (SSSR count). The van der Waals surface area contributed by atoms with Crippen LogP contribution in [0.1, 0.15) is 31.4 Å². The molecular weight excluding hydrogens is 654 g/mol. The quantitative estimate of drug-likeness (QED) is 0.170. The van der Waals surface area contributed by atoms with E-state index in [0.717, 1.165) is 19.9 Å². The number of nitrogens with zero attached hydrogens (tertiary/aromatic N) is 2. The van der Waals surface area contributed by atoms with E-state index in [-0.39, 0.29) is 29.8 Å². The van der Waals surface area contributed by atoms with Crippen LogP contribution in [0.3, 0.4) is 0 Å². The Hall–Kier alpha value is -4.15. The number of carbonyl (C=O) groups excluding carboxylic acids is 2. The predicted octanol–water partition coefficient (Wildman–Crippen LogP) is 6.21. The highest BCUT2D eigenvalue weighted by Crippen LogP contribution is 2.27. The summed E-state index contributed by atoms with van der Waals surface area (Å²) in [4.78, 5) is 30.0. The summed E-state index contributed by atoms with van der Waals surface area (Å²) in [6, 6.07) is 30.4. The third-order valence-electron chi connectivity index (χ3n) is 7.48. The van der Waals surface area contributed by atoms with Crippen molar-refractivity contribution >= 4 is 43.5 Å². The Labute approximate surface area is 274 Å². The van der Waals surface area contributed by atoms with Crippen molar-refractivity contribution in [2.24, 2.45) is 0 Å². The molecule has 0 heterocycles. The van der Waals surface area contributed by atoms with Gasteiger partial charge in [0, 0.05) is 23.5 Å². The molecular formula is C35H38BrN3O5S. The van der Waals surface area contributed by atoms with Gasteiger partial charge in [-0.3, -0.25) is 13.9 Å². The van der Waals surface area contributed by atoms with E-state index >= 15 is 0 Å². The standard InChI is InChI=1S/C35H38BrN3O5S/c1-4-26(2)37-35(41)33(23-27-12-7-5-8-13-27)38(24-28-14-11-15-31(22-28)44-3)34(40)25-39(30-20-18-29(36)19-21-30)45(42,43)32-16-9-6-10-17-32/h5-22,26,33H,4,23-25H2,1-3H3,(H,37,41)/t26-,33-/m1/s1. The van der Waals surface area contributed by atoms with Gasteiger partial charge in [0.05, 0.1) is 17.7 Å². The fourth-order valence-electron chi connectivity index (χ4n) is 4.82. The van der Waals surface area contributed by atoms with Crippen molar-refractivity contribution in [3.05, 3.63) is 125 Å². The van der Waals surface area contributed by atoms with E-state index in [1.807, 2.05) is 56.3 Å². The van der Waals surface area contributed by atoms with E-state index in [1.165, 1.54) is 17.0 Å². The van der Waals surface area contributed by atoms with E-state index in [9.17, 15) is 18.0 Å². The fraction of sp³-hybridized carbons (Fsp3) is 0.257. The highest BCUT2D eigenvalue weighted by atomic mass is 79.9. The molecule has 0 aliphatic heterocycles. The second-order valence-electron chi connectivity index (χ2n) is 10.7. The molecule has 0 fully saturated rings. The van der Waals surface area contributed by atoms with E-state index in [4.69, 9.17) is 4.74 Å². The lowest BCUT2D eigenvalue weighted by Gasteiger charge is -2.34. The molecule has 4 aromatic carbocycles. The largest absolute Gasteiger partial charge is 0.497 e. The maximum atomic E-state index is 14.5. The molecule has 45 heavy (non-hydrogen) atoms. The van der Waals surface area contributed by atoms with Gasteiger partial charge in [-0.2, -0.15) is 0 Å². The summed E-state index contributed by atoms with van der Waals surface area (Å²) in [5.41, 5.74) is 1.92. The molecule has 0 saturated heterocycles. The van der Waals surface area contributed by atoms with Gasteiger partial charge in [0.15, 0.2) is 0 Å².